The lowest BCUT2D eigenvalue weighted by Crippen LogP contribution is -2.49. The summed E-state index contributed by atoms with van der Waals surface area (Å²) in [5.41, 5.74) is 7.02. The molecule has 0 spiro atoms. The Balaban J connectivity index is 2.33. The summed E-state index contributed by atoms with van der Waals surface area (Å²) in [4.78, 5) is 14.5. The van der Waals surface area contributed by atoms with Crippen molar-refractivity contribution in [1.82, 2.24) is 0 Å². The lowest BCUT2D eigenvalue weighted by molar-refractivity contribution is 0.0978. The first-order valence-corrected chi connectivity index (χ1v) is 7.67. The number of hydrogen-bond acceptors (Lipinski definition) is 4. The molecule has 0 atom stereocenters. The molecular formula is C17H26N2O2. The summed E-state index contributed by atoms with van der Waals surface area (Å²) < 4.78 is 6.04. The number of carbonyl (C=O) groups excluding carboxylic acids is 1. The molecule has 0 bridgehead atoms. The van der Waals surface area contributed by atoms with E-state index >= 15 is 0 Å². The van der Waals surface area contributed by atoms with Crippen LogP contribution in [0.1, 0.15) is 50.9 Å². The Morgan fingerprint density at radius 2 is 2.14 bits per heavy atom. The van der Waals surface area contributed by atoms with Crippen LogP contribution in [0, 0.1) is 0 Å². The zero-order chi connectivity index (χ0) is 15.6. The lowest BCUT2D eigenvalue weighted by Gasteiger charge is -2.43. The van der Waals surface area contributed by atoms with Gasteiger partial charge in [0.15, 0.2) is 5.78 Å². The molecule has 1 heterocycles. The molecule has 0 saturated heterocycles. The number of anilines is 1. The first-order valence-electron chi connectivity index (χ1n) is 7.67. The summed E-state index contributed by atoms with van der Waals surface area (Å²) in [6.07, 6.45) is 1.23. The molecule has 1 aliphatic heterocycles. The van der Waals surface area contributed by atoms with Crippen LogP contribution >= 0.6 is 0 Å². The van der Waals surface area contributed by atoms with Gasteiger partial charge in [-0.25, -0.2) is 0 Å². The first kappa shape index (κ1) is 15.8. The third-order valence-electron chi connectivity index (χ3n) is 3.76. The molecule has 116 valence electrons. The second-order valence-electron chi connectivity index (χ2n) is 6.58. The Hall–Kier alpha value is -1.55. The number of ether oxygens (including phenoxy) is 1. The summed E-state index contributed by atoms with van der Waals surface area (Å²) in [6, 6.07) is 6.10. The lowest BCUT2D eigenvalue weighted by atomic mass is 10.00. The van der Waals surface area contributed by atoms with Crippen LogP contribution in [-0.2, 0) is 0 Å². The average Bonchev–Trinajstić information content (AvgIpc) is 2.42. The number of nitrogens with two attached hydrogens (primary N) is 1. The number of carbonyl (C=O) groups is 1. The first-order chi connectivity index (χ1) is 9.84. The molecule has 21 heavy (non-hydrogen) atoms. The van der Waals surface area contributed by atoms with E-state index in [9.17, 15) is 4.79 Å². The highest BCUT2D eigenvalue weighted by atomic mass is 16.5. The van der Waals surface area contributed by atoms with Crippen LogP contribution < -0.4 is 15.4 Å². The van der Waals surface area contributed by atoms with Crippen molar-refractivity contribution in [1.29, 1.82) is 0 Å². The van der Waals surface area contributed by atoms with Gasteiger partial charge >= 0.3 is 0 Å². The molecule has 0 radical (unpaired) electrons. The fourth-order valence-electron chi connectivity index (χ4n) is 2.69. The SMILES string of the molecule is CC(C)N1CC(C)(C)Oc2ccc(C(=O)CCCN)cc21. The average molecular weight is 290 g/mol. The maximum absolute atomic E-state index is 12.2. The largest absolute Gasteiger partial charge is 0.484 e. The Labute approximate surface area is 127 Å². The maximum atomic E-state index is 12.2. The molecule has 0 unspecified atom stereocenters. The van der Waals surface area contributed by atoms with Crippen molar-refractivity contribution >= 4 is 11.5 Å². The molecule has 0 aliphatic carbocycles. The fourth-order valence-corrected chi connectivity index (χ4v) is 2.69. The minimum Gasteiger partial charge on any atom is -0.484 e. The Bertz CT molecular complexity index is 524. The number of nitrogens with zero attached hydrogens (tertiary/aromatic N) is 1. The number of ketones is 1. The zero-order valence-electron chi connectivity index (χ0n) is 13.5. The molecule has 0 aromatic heterocycles. The van der Waals surface area contributed by atoms with E-state index in [1.807, 2.05) is 18.2 Å². The van der Waals surface area contributed by atoms with Gasteiger partial charge in [-0.1, -0.05) is 0 Å². The van der Waals surface area contributed by atoms with Gasteiger partial charge in [-0.15, -0.1) is 0 Å². The Kier molecular flexibility index (Phi) is 4.57. The van der Waals surface area contributed by atoms with Crippen LogP contribution in [0.3, 0.4) is 0 Å². The van der Waals surface area contributed by atoms with E-state index in [2.05, 4.69) is 32.6 Å². The van der Waals surface area contributed by atoms with E-state index in [4.69, 9.17) is 10.5 Å². The van der Waals surface area contributed by atoms with Gasteiger partial charge < -0.3 is 15.4 Å². The molecule has 4 heteroatoms. The van der Waals surface area contributed by atoms with Crippen molar-refractivity contribution in [3.63, 3.8) is 0 Å². The predicted molar refractivity (Wildman–Crippen MR) is 86.2 cm³/mol. The van der Waals surface area contributed by atoms with Crippen molar-refractivity contribution < 1.29 is 9.53 Å². The normalized spacial score (nSPS) is 16.6. The standard InChI is InChI=1S/C17H26N2O2/c1-12(2)19-11-17(3,4)21-16-8-7-13(10-14(16)19)15(20)6-5-9-18/h7-8,10,12H,5-6,9,11,18H2,1-4H3. The molecule has 2 N–H and O–H groups in total. The highest BCUT2D eigenvalue weighted by molar-refractivity contribution is 5.97. The van der Waals surface area contributed by atoms with E-state index in [0.29, 0.717) is 19.0 Å². The third kappa shape index (κ3) is 3.56. The number of rotatable bonds is 5. The van der Waals surface area contributed by atoms with Crippen LogP contribution in [0.15, 0.2) is 18.2 Å². The quantitative estimate of drug-likeness (QED) is 0.847. The smallest absolute Gasteiger partial charge is 0.163 e. The fraction of sp³-hybridized carbons (Fsp3) is 0.588. The topological polar surface area (TPSA) is 55.6 Å². The minimum atomic E-state index is -0.220. The van der Waals surface area contributed by atoms with Gasteiger partial charge in [0.2, 0.25) is 0 Å². The van der Waals surface area contributed by atoms with Crippen LogP contribution in [-0.4, -0.2) is 30.5 Å². The van der Waals surface area contributed by atoms with Gasteiger partial charge in [-0.05, 0) is 58.9 Å². The third-order valence-corrected chi connectivity index (χ3v) is 3.76. The van der Waals surface area contributed by atoms with Gasteiger partial charge in [0, 0.05) is 18.0 Å². The summed E-state index contributed by atoms with van der Waals surface area (Å²) in [5.74, 6) is 1.01. The van der Waals surface area contributed by atoms with Gasteiger partial charge in [-0.2, -0.15) is 0 Å². The van der Waals surface area contributed by atoms with Crippen LogP contribution in [0.25, 0.3) is 0 Å². The second-order valence-corrected chi connectivity index (χ2v) is 6.58. The van der Waals surface area contributed by atoms with Gasteiger partial charge in [-0.3, -0.25) is 4.79 Å². The van der Waals surface area contributed by atoms with Crippen molar-refractivity contribution in [3.05, 3.63) is 23.8 Å². The van der Waals surface area contributed by atoms with Crippen molar-refractivity contribution in [3.8, 4) is 5.75 Å². The van der Waals surface area contributed by atoms with Crippen LogP contribution in [0.5, 0.6) is 5.75 Å². The highest BCUT2D eigenvalue weighted by Crippen LogP contribution is 2.38. The van der Waals surface area contributed by atoms with E-state index < -0.39 is 0 Å². The zero-order valence-corrected chi connectivity index (χ0v) is 13.5. The van der Waals surface area contributed by atoms with Crippen molar-refractivity contribution in [2.45, 2.75) is 52.2 Å². The van der Waals surface area contributed by atoms with E-state index in [-0.39, 0.29) is 11.4 Å². The molecule has 1 aliphatic rings. The molecular weight excluding hydrogens is 264 g/mol. The summed E-state index contributed by atoms with van der Waals surface area (Å²) in [6.45, 7) is 9.86. The Morgan fingerprint density at radius 3 is 2.76 bits per heavy atom. The predicted octanol–water partition coefficient (Wildman–Crippen LogP) is 2.99. The van der Waals surface area contributed by atoms with E-state index in [1.54, 1.807) is 0 Å². The summed E-state index contributed by atoms with van der Waals surface area (Å²) >= 11 is 0. The number of Topliss-reactive ketones (excluding diaryl/α,β-unsaturated/α-hetero) is 1. The molecule has 4 nitrogen and oxygen atoms in total. The molecule has 2 rings (SSSR count). The summed E-state index contributed by atoms with van der Waals surface area (Å²) in [5, 5.41) is 0. The Morgan fingerprint density at radius 1 is 1.43 bits per heavy atom. The molecule has 1 aromatic carbocycles. The number of benzene rings is 1. The number of fused-ring (bicyclic) bond motifs is 1. The second kappa shape index (κ2) is 6.06. The van der Waals surface area contributed by atoms with Crippen LogP contribution in [0.4, 0.5) is 5.69 Å². The molecule has 0 saturated carbocycles. The highest BCUT2D eigenvalue weighted by Gasteiger charge is 2.33. The van der Waals surface area contributed by atoms with Gasteiger partial charge in [0.1, 0.15) is 11.4 Å². The van der Waals surface area contributed by atoms with Crippen molar-refractivity contribution in [2.75, 3.05) is 18.0 Å². The number of hydrogen-bond donors (Lipinski definition) is 1. The monoisotopic (exact) mass is 290 g/mol. The maximum Gasteiger partial charge on any atom is 0.163 e. The molecule has 0 amide bonds. The van der Waals surface area contributed by atoms with Gasteiger partial charge in [0.25, 0.3) is 0 Å². The van der Waals surface area contributed by atoms with E-state index in [0.717, 1.165) is 30.0 Å². The van der Waals surface area contributed by atoms with Crippen LogP contribution in [0.2, 0.25) is 0 Å². The van der Waals surface area contributed by atoms with E-state index in [1.165, 1.54) is 0 Å². The minimum absolute atomic E-state index is 0.150. The molecule has 1 aromatic rings. The van der Waals surface area contributed by atoms with Gasteiger partial charge in [0.05, 0.1) is 12.2 Å². The molecule has 0 fully saturated rings. The summed E-state index contributed by atoms with van der Waals surface area (Å²) in [7, 11) is 0. The van der Waals surface area contributed by atoms with Crippen molar-refractivity contribution in [2.24, 2.45) is 5.73 Å².